The first-order valence-corrected chi connectivity index (χ1v) is 6.32. The van der Waals surface area contributed by atoms with Gasteiger partial charge in [0.15, 0.2) is 0 Å². The van der Waals surface area contributed by atoms with Crippen LogP contribution in [0.4, 0.5) is 8.78 Å². The van der Waals surface area contributed by atoms with Crippen LogP contribution in [-0.4, -0.2) is 20.1 Å². The maximum Gasteiger partial charge on any atom is 0.249 e. The van der Waals surface area contributed by atoms with Crippen LogP contribution in [-0.2, 0) is 9.05 Å². The van der Waals surface area contributed by atoms with Gasteiger partial charge in [-0.1, -0.05) is 13.8 Å². The summed E-state index contributed by atoms with van der Waals surface area (Å²) in [4.78, 5) is 0. The van der Waals surface area contributed by atoms with Gasteiger partial charge in [0.05, 0.1) is 5.75 Å². The fourth-order valence-electron chi connectivity index (χ4n) is 1.14. The number of hydrogen-bond acceptors (Lipinski definition) is 2. The molecular formula is C7H13ClF2O2S. The molecule has 2 nitrogen and oxygen atoms in total. The molecule has 0 aromatic rings. The van der Waals surface area contributed by atoms with Gasteiger partial charge in [-0.15, -0.1) is 0 Å². The van der Waals surface area contributed by atoms with Crippen LogP contribution >= 0.6 is 10.7 Å². The molecule has 0 aliphatic rings. The molecule has 1 atom stereocenters. The van der Waals surface area contributed by atoms with E-state index in [9.17, 15) is 17.2 Å². The predicted molar refractivity (Wildman–Crippen MR) is 48.6 cm³/mol. The Morgan fingerprint density at radius 3 is 1.85 bits per heavy atom. The van der Waals surface area contributed by atoms with Crippen LogP contribution in [0.1, 0.15) is 20.8 Å². The molecule has 0 saturated heterocycles. The third-order valence-electron chi connectivity index (χ3n) is 1.83. The SMILES string of the molecule is CC(C)C(CS(=O)(=O)Cl)C(C)(F)F. The van der Waals surface area contributed by atoms with Crippen molar-refractivity contribution < 1.29 is 17.2 Å². The van der Waals surface area contributed by atoms with Crippen LogP contribution in [0.2, 0.25) is 0 Å². The molecule has 0 rings (SSSR count). The van der Waals surface area contributed by atoms with Crippen molar-refractivity contribution in [2.24, 2.45) is 11.8 Å². The second kappa shape index (κ2) is 4.09. The highest BCUT2D eigenvalue weighted by Crippen LogP contribution is 2.31. The lowest BCUT2D eigenvalue weighted by molar-refractivity contribution is -0.0477. The summed E-state index contributed by atoms with van der Waals surface area (Å²) in [6.07, 6.45) is 0. The van der Waals surface area contributed by atoms with E-state index >= 15 is 0 Å². The molecule has 0 fully saturated rings. The van der Waals surface area contributed by atoms with Gasteiger partial charge >= 0.3 is 0 Å². The number of rotatable bonds is 4. The minimum atomic E-state index is -3.86. The van der Waals surface area contributed by atoms with E-state index in [1.165, 1.54) is 0 Å². The van der Waals surface area contributed by atoms with Crippen molar-refractivity contribution in [3.63, 3.8) is 0 Å². The zero-order valence-electron chi connectivity index (χ0n) is 7.72. The van der Waals surface area contributed by atoms with Crippen molar-refractivity contribution in [3.8, 4) is 0 Å². The van der Waals surface area contributed by atoms with E-state index < -0.39 is 32.6 Å². The van der Waals surface area contributed by atoms with Crippen molar-refractivity contribution >= 4 is 19.7 Å². The topological polar surface area (TPSA) is 34.1 Å². The summed E-state index contributed by atoms with van der Waals surface area (Å²) in [6, 6.07) is 0. The molecule has 0 aliphatic carbocycles. The Labute approximate surface area is 81.7 Å². The lowest BCUT2D eigenvalue weighted by atomic mass is 9.92. The molecule has 80 valence electrons. The quantitative estimate of drug-likeness (QED) is 0.701. The van der Waals surface area contributed by atoms with E-state index in [-0.39, 0.29) is 0 Å². The maximum atomic E-state index is 12.8. The second-order valence-corrected chi connectivity index (χ2v) is 6.33. The minimum Gasteiger partial charge on any atom is -0.212 e. The molecule has 0 N–H and O–H groups in total. The maximum absolute atomic E-state index is 12.8. The fraction of sp³-hybridized carbons (Fsp3) is 1.00. The van der Waals surface area contributed by atoms with Crippen molar-refractivity contribution in [2.75, 3.05) is 5.75 Å². The zero-order valence-corrected chi connectivity index (χ0v) is 9.29. The van der Waals surface area contributed by atoms with Gasteiger partial charge in [-0.2, -0.15) is 0 Å². The molecule has 0 aromatic carbocycles. The van der Waals surface area contributed by atoms with Crippen molar-refractivity contribution in [3.05, 3.63) is 0 Å². The minimum absolute atomic E-state index is 0.423. The summed E-state index contributed by atoms with van der Waals surface area (Å²) >= 11 is 0. The third-order valence-corrected chi connectivity index (χ3v) is 2.97. The van der Waals surface area contributed by atoms with Gasteiger partial charge in [-0.05, 0) is 12.8 Å². The molecule has 0 radical (unpaired) electrons. The van der Waals surface area contributed by atoms with Gasteiger partial charge < -0.3 is 0 Å². The Hall–Kier alpha value is 0.1000. The summed E-state index contributed by atoms with van der Waals surface area (Å²) in [5.74, 6) is -5.35. The van der Waals surface area contributed by atoms with Gasteiger partial charge in [-0.3, -0.25) is 0 Å². The summed E-state index contributed by atoms with van der Waals surface area (Å²) in [6.45, 7) is 3.80. The molecule has 0 spiro atoms. The van der Waals surface area contributed by atoms with Gasteiger partial charge in [0.1, 0.15) is 0 Å². The smallest absolute Gasteiger partial charge is 0.212 e. The molecule has 13 heavy (non-hydrogen) atoms. The first kappa shape index (κ1) is 13.1. The Morgan fingerprint density at radius 1 is 1.38 bits per heavy atom. The van der Waals surface area contributed by atoms with Gasteiger partial charge in [0, 0.05) is 16.6 Å². The highest BCUT2D eigenvalue weighted by molar-refractivity contribution is 8.13. The molecule has 0 bridgehead atoms. The fourth-order valence-corrected chi connectivity index (χ4v) is 2.65. The first-order chi connectivity index (χ1) is 5.54. The summed E-state index contributed by atoms with van der Waals surface area (Å²) in [7, 11) is 1.06. The second-order valence-electron chi connectivity index (χ2n) is 3.51. The Balaban J connectivity index is 4.66. The van der Waals surface area contributed by atoms with Crippen LogP contribution in [0.25, 0.3) is 0 Å². The molecule has 0 heterocycles. The van der Waals surface area contributed by atoms with E-state index in [1.807, 2.05) is 0 Å². The number of halogens is 3. The first-order valence-electron chi connectivity index (χ1n) is 3.84. The van der Waals surface area contributed by atoms with Crippen LogP contribution in [0.15, 0.2) is 0 Å². The lowest BCUT2D eigenvalue weighted by Gasteiger charge is -2.25. The molecule has 1 unspecified atom stereocenters. The molecule has 0 aromatic heterocycles. The summed E-state index contributed by atoms with van der Waals surface area (Å²) in [5, 5.41) is 0. The largest absolute Gasteiger partial charge is 0.249 e. The Kier molecular flexibility index (Phi) is 4.12. The average Bonchev–Trinajstić information content (AvgIpc) is 1.77. The van der Waals surface area contributed by atoms with E-state index in [2.05, 4.69) is 0 Å². The van der Waals surface area contributed by atoms with Crippen molar-refractivity contribution in [2.45, 2.75) is 26.7 Å². The van der Waals surface area contributed by atoms with Crippen molar-refractivity contribution in [1.29, 1.82) is 0 Å². The predicted octanol–water partition coefficient (Wildman–Crippen LogP) is 2.48. The Bertz CT molecular complexity index is 256. The standard InChI is InChI=1S/C7H13ClF2O2S/c1-5(2)6(7(3,9)10)4-13(8,11)12/h5-6H,4H2,1-3H3. The lowest BCUT2D eigenvalue weighted by Crippen LogP contribution is -2.33. The van der Waals surface area contributed by atoms with E-state index in [1.54, 1.807) is 13.8 Å². The normalized spacial score (nSPS) is 16.2. The van der Waals surface area contributed by atoms with Crippen LogP contribution in [0.3, 0.4) is 0 Å². The van der Waals surface area contributed by atoms with E-state index in [0.29, 0.717) is 6.92 Å². The zero-order chi connectivity index (χ0) is 10.9. The molecule has 0 aliphatic heterocycles. The average molecular weight is 235 g/mol. The van der Waals surface area contributed by atoms with Crippen LogP contribution in [0.5, 0.6) is 0 Å². The van der Waals surface area contributed by atoms with E-state index in [4.69, 9.17) is 10.7 Å². The van der Waals surface area contributed by atoms with Crippen LogP contribution in [0, 0.1) is 11.8 Å². The number of hydrogen-bond donors (Lipinski definition) is 0. The monoisotopic (exact) mass is 234 g/mol. The highest BCUT2D eigenvalue weighted by atomic mass is 35.7. The molecule has 6 heteroatoms. The van der Waals surface area contributed by atoms with E-state index in [0.717, 1.165) is 0 Å². The van der Waals surface area contributed by atoms with Gasteiger partial charge in [0.2, 0.25) is 15.0 Å². The third kappa shape index (κ3) is 5.41. The molecule has 0 saturated carbocycles. The van der Waals surface area contributed by atoms with Gasteiger partial charge in [0.25, 0.3) is 0 Å². The Morgan fingerprint density at radius 2 is 1.77 bits per heavy atom. The van der Waals surface area contributed by atoms with Crippen molar-refractivity contribution in [1.82, 2.24) is 0 Å². The van der Waals surface area contributed by atoms with Gasteiger partial charge in [-0.25, -0.2) is 17.2 Å². The highest BCUT2D eigenvalue weighted by Gasteiger charge is 2.38. The summed E-state index contributed by atoms with van der Waals surface area (Å²) < 4.78 is 46.9. The van der Waals surface area contributed by atoms with Crippen LogP contribution < -0.4 is 0 Å². The summed E-state index contributed by atoms with van der Waals surface area (Å²) in [5.41, 5.74) is 0. The molecule has 0 amide bonds. The molecular weight excluding hydrogens is 222 g/mol. The number of alkyl halides is 2.